The standard InChI is InChI=1S/C8H18N2/c1-7(2)8(3)5-6-10-9-4/h5-10H,1-4H3. The van der Waals surface area contributed by atoms with Gasteiger partial charge < -0.3 is 5.43 Å². The third kappa shape index (κ3) is 4.39. The van der Waals surface area contributed by atoms with Gasteiger partial charge >= 0.3 is 0 Å². The first-order valence-corrected chi connectivity index (χ1v) is 3.77. The van der Waals surface area contributed by atoms with Crippen molar-refractivity contribution in [2.45, 2.75) is 20.8 Å². The van der Waals surface area contributed by atoms with Crippen LogP contribution in [0, 0.1) is 11.8 Å². The highest BCUT2D eigenvalue weighted by atomic mass is 15.3. The van der Waals surface area contributed by atoms with Crippen molar-refractivity contribution in [3.05, 3.63) is 12.3 Å². The Morgan fingerprint density at radius 1 is 1.20 bits per heavy atom. The number of hydrogen-bond acceptors (Lipinski definition) is 2. The van der Waals surface area contributed by atoms with Crippen LogP contribution in [0.15, 0.2) is 12.3 Å². The van der Waals surface area contributed by atoms with Crippen LogP contribution >= 0.6 is 0 Å². The summed E-state index contributed by atoms with van der Waals surface area (Å²) < 4.78 is 0. The molecule has 0 heterocycles. The molecular weight excluding hydrogens is 124 g/mol. The number of hydrogen-bond donors (Lipinski definition) is 2. The molecule has 0 rings (SSSR count). The highest BCUT2D eigenvalue weighted by Gasteiger charge is 2.00. The van der Waals surface area contributed by atoms with Crippen LogP contribution in [0.2, 0.25) is 0 Å². The Bertz CT molecular complexity index is 97.4. The van der Waals surface area contributed by atoms with E-state index < -0.39 is 0 Å². The maximum atomic E-state index is 2.90. The number of hydrazine groups is 1. The van der Waals surface area contributed by atoms with Crippen molar-refractivity contribution in [2.24, 2.45) is 11.8 Å². The van der Waals surface area contributed by atoms with Gasteiger partial charge in [0.25, 0.3) is 0 Å². The number of allylic oxidation sites excluding steroid dienone is 1. The summed E-state index contributed by atoms with van der Waals surface area (Å²) in [5.41, 5.74) is 5.73. The van der Waals surface area contributed by atoms with Gasteiger partial charge in [0, 0.05) is 13.2 Å². The summed E-state index contributed by atoms with van der Waals surface area (Å²) in [6.45, 7) is 6.64. The lowest BCUT2D eigenvalue weighted by Gasteiger charge is -2.09. The summed E-state index contributed by atoms with van der Waals surface area (Å²) in [6.07, 6.45) is 4.09. The van der Waals surface area contributed by atoms with Crippen LogP contribution in [0.4, 0.5) is 0 Å². The van der Waals surface area contributed by atoms with Crippen molar-refractivity contribution in [2.75, 3.05) is 7.05 Å². The van der Waals surface area contributed by atoms with Gasteiger partial charge in [0.05, 0.1) is 0 Å². The minimum atomic E-state index is 0.640. The van der Waals surface area contributed by atoms with Gasteiger partial charge in [-0.3, -0.25) is 0 Å². The lowest BCUT2D eigenvalue weighted by atomic mass is 9.98. The van der Waals surface area contributed by atoms with E-state index in [1.54, 1.807) is 0 Å². The van der Waals surface area contributed by atoms with Crippen molar-refractivity contribution in [1.29, 1.82) is 0 Å². The van der Waals surface area contributed by atoms with Crippen molar-refractivity contribution in [3.63, 3.8) is 0 Å². The number of nitrogens with one attached hydrogen (secondary N) is 2. The van der Waals surface area contributed by atoms with Crippen molar-refractivity contribution in [1.82, 2.24) is 10.9 Å². The van der Waals surface area contributed by atoms with Gasteiger partial charge in [-0.2, -0.15) is 0 Å². The monoisotopic (exact) mass is 142 g/mol. The second-order valence-corrected chi connectivity index (χ2v) is 2.86. The van der Waals surface area contributed by atoms with Gasteiger partial charge in [0.15, 0.2) is 0 Å². The Balaban J connectivity index is 3.45. The molecule has 0 aromatic heterocycles. The van der Waals surface area contributed by atoms with E-state index in [-0.39, 0.29) is 0 Å². The summed E-state index contributed by atoms with van der Waals surface area (Å²) in [5, 5.41) is 0. The van der Waals surface area contributed by atoms with E-state index in [0.717, 1.165) is 5.92 Å². The van der Waals surface area contributed by atoms with Crippen LogP contribution in [-0.4, -0.2) is 7.05 Å². The van der Waals surface area contributed by atoms with Gasteiger partial charge in [0.2, 0.25) is 0 Å². The average molecular weight is 142 g/mol. The maximum Gasteiger partial charge on any atom is 0.00878 e. The van der Waals surface area contributed by atoms with E-state index in [1.807, 2.05) is 13.2 Å². The second kappa shape index (κ2) is 5.30. The summed E-state index contributed by atoms with van der Waals surface area (Å²) >= 11 is 0. The van der Waals surface area contributed by atoms with Crippen LogP contribution in [0.1, 0.15) is 20.8 Å². The van der Waals surface area contributed by atoms with E-state index in [2.05, 4.69) is 37.7 Å². The van der Waals surface area contributed by atoms with Gasteiger partial charge in [-0.15, -0.1) is 0 Å². The molecule has 0 spiro atoms. The first-order chi connectivity index (χ1) is 4.68. The van der Waals surface area contributed by atoms with Crippen molar-refractivity contribution in [3.8, 4) is 0 Å². The van der Waals surface area contributed by atoms with Crippen LogP contribution < -0.4 is 10.9 Å². The molecule has 0 aromatic carbocycles. The Morgan fingerprint density at radius 2 is 1.80 bits per heavy atom. The van der Waals surface area contributed by atoms with Gasteiger partial charge in [-0.25, -0.2) is 5.43 Å². The molecule has 2 N–H and O–H groups in total. The molecule has 0 aliphatic rings. The third-order valence-corrected chi connectivity index (χ3v) is 1.68. The summed E-state index contributed by atoms with van der Waals surface area (Å²) in [7, 11) is 1.85. The maximum absolute atomic E-state index is 2.90. The molecule has 2 nitrogen and oxygen atoms in total. The molecule has 0 aliphatic heterocycles. The summed E-state index contributed by atoms with van der Waals surface area (Å²) in [4.78, 5) is 0. The molecule has 0 aromatic rings. The molecule has 0 aliphatic carbocycles. The molecule has 0 amide bonds. The first-order valence-electron chi connectivity index (χ1n) is 3.77. The normalized spacial score (nSPS) is 14.5. The van der Waals surface area contributed by atoms with E-state index in [1.165, 1.54) is 0 Å². The van der Waals surface area contributed by atoms with Crippen LogP contribution in [0.3, 0.4) is 0 Å². The molecule has 0 saturated carbocycles. The average Bonchev–Trinajstić information content (AvgIpc) is 1.88. The Morgan fingerprint density at radius 3 is 2.20 bits per heavy atom. The van der Waals surface area contributed by atoms with Gasteiger partial charge in [-0.1, -0.05) is 26.8 Å². The molecule has 0 radical (unpaired) electrons. The summed E-state index contributed by atoms with van der Waals surface area (Å²) in [5.74, 6) is 1.36. The summed E-state index contributed by atoms with van der Waals surface area (Å²) in [6, 6.07) is 0. The largest absolute Gasteiger partial charge is 0.329 e. The quantitative estimate of drug-likeness (QED) is 0.581. The minimum Gasteiger partial charge on any atom is -0.329 e. The van der Waals surface area contributed by atoms with E-state index in [0.29, 0.717) is 5.92 Å². The van der Waals surface area contributed by atoms with E-state index in [9.17, 15) is 0 Å². The molecule has 10 heavy (non-hydrogen) atoms. The molecule has 0 bridgehead atoms. The third-order valence-electron chi connectivity index (χ3n) is 1.68. The predicted molar refractivity (Wildman–Crippen MR) is 45.3 cm³/mol. The lowest BCUT2D eigenvalue weighted by molar-refractivity contribution is 0.501. The van der Waals surface area contributed by atoms with Gasteiger partial charge in [-0.05, 0) is 11.8 Å². The van der Waals surface area contributed by atoms with Crippen LogP contribution in [0.25, 0.3) is 0 Å². The molecule has 2 heteroatoms. The van der Waals surface area contributed by atoms with E-state index >= 15 is 0 Å². The second-order valence-electron chi connectivity index (χ2n) is 2.86. The Hall–Kier alpha value is -0.500. The van der Waals surface area contributed by atoms with Crippen molar-refractivity contribution >= 4 is 0 Å². The fraction of sp³-hybridized carbons (Fsp3) is 0.750. The highest BCUT2D eigenvalue weighted by Crippen LogP contribution is 2.09. The number of rotatable bonds is 4. The van der Waals surface area contributed by atoms with Crippen molar-refractivity contribution < 1.29 is 0 Å². The first kappa shape index (κ1) is 9.50. The minimum absolute atomic E-state index is 0.640. The zero-order chi connectivity index (χ0) is 7.98. The Kier molecular flexibility index (Phi) is 5.03. The van der Waals surface area contributed by atoms with Gasteiger partial charge in [0.1, 0.15) is 0 Å². The van der Waals surface area contributed by atoms with E-state index in [4.69, 9.17) is 0 Å². The SMILES string of the molecule is CNNC=CC(C)C(C)C. The van der Waals surface area contributed by atoms with Crippen LogP contribution in [0.5, 0.6) is 0 Å². The molecule has 1 unspecified atom stereocenters. The fourth-order valence-corrected chi connectivity index (χ4v) is 0.505. The van der Waals surface area contributed by atoms with Crippen LogP contribution in [-0.2, 0) is 0 Å². The molecular formula is C8H18N2. The lowest BCUT2D eigenvalue weighted by Crippen LogP contribution is -2.21. The zero-order valence-corrected chi connectivity index (χ0v) is 7.31. The topological polar surface area (TPSA) is 24.1 Å². The zero-order valence-electron chi connectivity index (χ0n) is 7.31. The molecule has 0 saturated heterocycles. The predicted octanol–water partition coefficient (Wildman–Crippen LogP) is 1.52. The smallest absolute Gasteiger partial charge is 0.00878 e. The fourth-order valence-electron chi connectivity index (χ4n) is 0.505. The molecule has 60 valence electrons. The molecule has 1 atom stereocenters. The molecule has 0 fully saturated rings. The highest BCUT2D eigenvalue weighted by molar-refractivity contribution is 4.84. The Labute approximate surface area is 63.7 Å².